The number of halogens is 1. The Kier molecular flexibility index (Phi) is 4.15. The molecule has 1 aromatic rings. The van der Waals surface area contributed by atoms with Crippen molar-refractivity contribution in [2.75, 3.05) is 18.0 Å². The zero-order valence-corrected chi connectivity index (χ0v) is 15.6. The average Bonchev–Trinajstić information content (AvgIpc) is 2.66. The lowest BCUT2D eigenvalue weighted by molar-refractivity contribution is -0.163. The van der Waals surface area contributed by atoms with Crippen molar-refractivity contribution in [3.8, 4) is 0 Å². The van der Waals surface area contributed by atoms with Gasteiger partial charge in [-0.15, -0.1) is 0 Å². The Morgan fingerprint density at radius 1 is 1.26 bits per heavy atom. The summed E-state index contributed by atoms with van der Waals surface area (Å²) in [5, 5.41) is 13.8. The second-order valence-electron chi connectivity index (χ2n) is 9.33. The van der Waals surface area contributed by atoms with Gasteiger partial charge in [-0.05, 0) is 74.8 Å². The van der Waals surface area contributed by atoms with E-state index < -0.39 is 0 Å². The fourth-order valence-corrected chi connectivity index (χ4v) is 6.47. The maximum atomic E-state index is 13.3. The predicted molar refractivity (Wildman–Crippen MR) is 99.6 cm³/mol. The fraction of sp³-hybridized carbons (Fsp3) is 0.714. The standard InChI is InChI=1S/C21H28FN3O2/c22-16-3-4-18(23-11-16)25-5-1-2-17(12-25)24-20(27)21-8-13-6-14(9-21)19(26)15(7-13)10-21/h3-4,11,13-15,17,19,26H,1-2,5-10,12H2,(H,24,27)/t13?,14?,15?,17-,19?,21?/m0/s1. The number of anilines is 1. The molecule has 4 saturated carbocycles. The minimum atomic E-state index is -0.329. The van der Waals surface area contributed by atoms with Crippen LogP contribution in [-0.2, 0) is 4.79 Å². The van der Waals surface area contributed by atoms with Gasteiger partial charge < -0.3 is 15.3 Å². The monoisotopic (exact) mass is 373 g/mol. The molecule has 0 aromatic carbocycles. The first-order valence-electron chi connectivity index (χ1n) is 10.4. The number of hydrogen-bond acceptors (Lipinski definition) is 4. The van der Waals surface area contributed by atoms with Crippen LogP contribution >= 0.6 is 0 Å². The van der Waals surface area contributed by atoms with Crippen LogP contribution in [0, 0.1) is 29.0 Å². The van der Waals surface area contributed by atoms with E-state index in [2.05, 4.69) is 15.2 Å². The third kappa shape index (κ3) is 3.02. The Balaban J connectivity index is 1.26. The number of aliphatic hydroxyl groups is 1. The number of rotatable bonds is 3. The number of hydrogen-bond donors (Lipinski definition) is 2. The summed E-state index contributed by atoms with van der Waals surface area (Å²) in [6.45, 7) is 1.61. The van der Waals surface area contributed by atoms with Gasteiger partial charge in [0, 0.05) is 19.1 Å². The lowest BCUT2D eigenvalue weighted by atomic mass is 9.48. The molecule has 27 heavy (non-hydrogen) atoms. The van der Waals surface area contributed by atoms with E-state index in [9.17, 15) is 14.3 Å². The van der Waals surface area contributed by atoms with E-state index in [0.717, 1.165) is 63.9 Å². The van der Waals surface area contributed by atoms with Gasteiger partial charge in [0.25, 0.3) is 0 Å². The summed E-state index contributed by atoms with van der Waals surface area (Å²) in [5.41, 5.74) is -0.258. The van der Waals surface area contributed by atoms with Crippen LogP contribution in [0.5, 0.6) is 0 Å². The van der Waals surface area contributed by atoms with Crippen LogP contribution in [0.1, 0.15) is 44.9 Å². The van der Waals surface area contributed by atoms with Crippen molar-refractivity contribution >= 4 is 11.7 Å². The molecule has 6 heteroatoms. The Morgan fingerprint density at radius 2 is 2.04 bits per heavy atom. The number of nitrogens with one attached hydrogen (secondary N) is 1. The number of carbonyl (C=O) groups is 1. The summed E-state index contributed by atoms with van der Waals surface area (Å²) in [5.74, 6) is 1.88. The molecule has 5 aliphatic rings. The lowest BCUT2D eigenvalue weighted by Gasteiger charge is -2.58. The Hall–Kier alpha value is -1.69. The molecule has 0 radical (unpaired) electrons. The van der Waals surface area contributed by atoms with E-state index in [0.29, 0.717) is 17.8 Å². The largest absolute Gasteiger partial charge is 0.393 e. The normalized spacial score (nSPS) is 40.2. The van der Waals surface area contributed by atoms with E-state index in [1.165, 1.54) is 12.3 Å². The molecule has 2 heterocycles. The number of carbonyl (C=O) groups excluding carboxylic acids is 1. The molecule has 4 aliphatic carbocycles. The van der Waals surface area contributed by atoms with E-state index >= 15 is 0 Å². The zero-order valence-electron chi connectivity index (χ0n) is 15.6. The smallest absolute Gasteiger partial charge is 0.226 e. The Bertz CT molecular complexity index is 709. The molecule has 3 atom stereocenters. The van der Waals surface area contributed by atoms with Crippen molar-refractivity contribution in [2.24, 2.45) is 23.2 Å². The van der Waals surface area contributed by atoms with Crippen LogP contribution < -0.4 is 10.2 Å². The highest BCUT2D eigenvalue weighted by molar-refractivity contribution is 5.83. The van der Waals surface area contributed by atoms with Crippen molar-refractivity contribution in [3.63, 3.8) is 0 Å². The first-order chi connectivity index (χ1) is 13.0. The quantitative estimate of drug-likeness (QED) is 0.854. The van der Waals surface area contributed by atoms with Gasteiger partial charge in [0.05, 0.1) is 17.7 Å². The third-order valence-electron chi connectivity index (χ3n) is 7.50. The number of nitrogens with zero attached hydrogens (tertiary/aromatic N) is 2. The topological polar surface area (TPSA) is 65.5 Å². The van der Waals surface area contributed by atoms with E-state index in [-0.39, 0.29) is 29.3 Å². The van der Waals surface area contributed by atoms with Crippen LogP contribution in [0.25, 0.3) is 0 Å². The minimum Gasteiger partial charge on any atom is -0.393 e. The molecule has 5 fully saturated rings. The van der Waals surface area contributed by atoms with Crippen LogP contribution in [0.4, 0.5) is 10.2 Å². The molecule has 1 saturated heterocycles. The second-order valence-corrected chi connectivity index (χ2v) is 9.33. The SMILES string of the molecule is O=C(N[C@H]1CCCN(c2ccc(F)cn2)C1)C12CC3CC(C1)C(O)C(C3)C2. The fourth-order valence-electron chi connectivity index (χ4n) is 6.47. The Labute approximate surface area is 159 Å². The minimum absolute atomic E-state index is 0.107. The van der Waals surface area contributed by atoms with Gasteiger partial charge in [0.15, 0.2) is 0 Å². The van der Waals surface area contributed by atoms with Gasteiger partial charge in [-0.2, -0.15) is 0 Å². The molecule has 4 bridgehead atoms. The van der Waals surface area contributed by atoms with Gasteiger partial charge in [-0.3, -0.25) is 4.79 Å². The van der Waals surface area contributed by atoms with Gasteiger partial charge in [0.1, 0.15) is 11.6 Å². The zero-order chi connectivity index (χ0) is 18.6. The first-order valence-corrected chi connectivity index (χ1v) is 10.4. The van der Waals surface area contributed by atoms with E-state index in [1.807, 2.05) is 0 Å². The molecule has 6 rings (SSSR count). The molecule has 146 valence electrons. The summed E-state index contributed by atoms with van der Waals surface area (Å²) in [6, 6.07) is 3.25. The van der Waals surface area contributed by atoms with Crippen molar-refractivity contribution in [2.45, 2.75) is 57.1 Å². The highest BCUT2D eigenvalue weighted by Crippen LogP contribution is 2.60. The summed E-state index contributed by atoms with van der Waals surface area (Å²) in [4.78, 5) is 19.6. The molecule has 2 unspecified atom stereocenters. The van der Waals surface area contributed by atoms with Gasteiger partial charge in [0.2, 0.25) is 5.91 Å². The van der Waals surface area contributed by atoms with Gasteiger partial charge >= 0.3 is 0 Å². The molecule has 1 aliphatic heterocycles. The maximum Gasteiger partial charge on any atom is 0.226 e. The Morgan fingerprint density at radius 3 is 2.74 bits per heavy atom. The molecule has 2 N–H and O–H groups in total. The van der Waals surface area contributed by atoms with Crippen LogP contribution in [0.2, 0.25) is 0 Å². The van der Waals surface area contributed by atoms with Crippen LogP contribution in [0.3, 0.4) is 0 Å². The van der Waals surface area contributed by atoms with Gasteiger partial charge in [-0.1, -0.05) is 0 Å². The average molecular weight is 373 g/mol. The number of pyridine rings is 1. The number of piperidine rings is 1. The molecular weight excluding hydrogens is 345 g/mol. The first kappa shape index (κ1) is 17.4. The lowest BCUT2D eigenvalue weighted by Crippen LogP contribution is -2.60. The van der Waals surface area contributed by atoms with Crippen molar-refractivity contribution in [1.29, 1.82) is 0 Å². The summed E-state index contributed by atoms with van der Waals surface area (Å²) in [7, 11) is 0. The molecular formula is C21H28FN3O2. The number of aromatic nitrogens is 1. The predicted octanol–water partition coefficient (Wildman–Crippen LogP) is 2.49. The highest BCUT2D eigenvalue weighted by Gasteiger charge is 2.58. The van der Waals surface area contributed by atoms with E-state index in [4.69, 9.17) is 0 Å². The summed E-state index contributed by atoms with van der Waals surface area (Å²) >= 11 is 0. The van der Waals surface area contributed by atoms with Crippen molar-refractivity contribution in [3.05, 3.63) is 24.1 Å². The van der Waals surface area contributed by atoms with E-state index in [1.54, 1.807) is 6.07 Å². The third-order valence-corrected chi connectivity index (χ3v) is 7.50. The number of amides is 1. The highest BCUT2D eigenvalue weighted by atomic mass is 19.1. The van der Waals surface area contributed by atoms with Crippen molar-refractivity contribution in [1.82, 2.24) is 10.3 Å². The van der Waals surface area contributed by atoms with Gasteiger partial charge in [-0.25, -0.2) is 9.37 Å². The van der Waals surface area contributed by atoms with Crippen molar-refractivity contribution < 1.29 is 14.3 Å². The summed E-state index contributed by atoms with van der Waals surface area (Å²) in [6.07, 6.45) is 7.90. The number of aliphatic hydroxyl groups excluding tert-OH is 1. The molecule has 5 nitrogen and oxygen atoms in total. The molecule has 0 spiro atoms. The molecule has 1 amide bonds. The maximum absolute atomic E-state index is 13.3. The summed E-state index contributed by atoms with van der Waals surface area (Å²) < 4.78 is 13.1. The second kappa shape index (κ2) is 6.43. The van der Waals surface area contributed by atoms with Crippen LogP contribution in [-0.4, -0.2) is 41.2 Å². The molecule has 1 aromatic heterocycles. The van der Waals surface area contributed by atoms with Crippen LogP contribution in [0.15, 0.2) is 18.3 Å².